The standard InChI is InChI=1S/C15H24N2O/c1-3-5-11-16-15(18)13-17(4-2)12-14-9-7-6-8-10-14/h6-10H,3-5,11-13H2,1-2H3,(H,16,18). The largest absolute Gasteiger partial charge is 0.355 e. The van der Waals surface area contributed by atoms with Crippen LogP contribution in [0.5, 0.6) is 0 Å². The van der Waals surface area contributed by atoms with E-state index in [1.807, 2.05) is 18.2 Å². The molecule has 0 fully saturated rings. The van der Waals surface area contributed by atoms with E-state index in [9.17, 15) is 4.79 Å². The zero-order valence-electron chi connectivity index (χ0n) is 11.5. The fraction of sp³-hybridized carbons (Fsp3) is 0.533. The average Bonchev–Trinajstić information content (AvgIpc) is 2.39. The lowest BCUT2D eigenvalue weighted by atomic mass is 10.2. The molecule has 1 N–H and O–H groups in total. The molecule has 18 heavy (non-hydrogen) atoms. The Kier molecular flexibility index (Phi) is 7.11. The number of carbonyl (C=O) groups is 1. The van der Waals surface area contributed by atoms with Crippen LogP contribution in [0.15, 0.2) is 30.3 Å². The van der Waals surface area contributed by atoms with Gasteiger partial charge in [-0.15, -0.1) is 0 Å². The van der Waals surface area contributed by atoms with Crippen LogP contribution in [0.25, 0.3) is 0 Å². The maximum atomic E-state index is 11.7. The van der Waals surface area contributed by atoms with Crippen LogP contribution in [0.4, 0.5) is 0 Å². The molecule has 0 saturated heterocycles. The highest BCUT2D eigenvalue weighted by atomic mass is 16.2. The molecule has 1 aromatic rings. The van der Waals surface area contributed by atoms with E-state index in [1.165, 1.54) is 5.56 Å². The quantitative estimate of drug-likeness (QED) is 0.717. The molecular formula is C15H24N2O. The Bertz CT molecular complexity index is 338. The summed E-state index contributed by atoms with van der Waals surface area (Å²) in [6.07, 6.45) is 2.17. The lowest BCUT2D eigenvalue weighted by Crippen LogP contribution is -2.37. The summed E-state index contributed by atoms with van der Waals surface area (Å²) >= 11 is 0. The van der Waals surface area contributed by atoms with Gasteiger partial charge in [0.05, 0.1) is 6.54 Å². The fourth-order valence-electron chi connectivity index (χ4n) is 1.78. The number of amides is 1. The number of nitrogens with one attached hydrogen (secondary N) is 1. The van der Waals surface area contributed by atoms with Gasteiger partial charge in [0.15, 0.2) is 0 Å². The summed E-state index contributed by atoms with van der Waals surface area (Å²) in [5, 5.41) is 2.95. The van der Waals surface area contributed by atoms with Gasteiger partial charge < -0.3 is 5.32 Å². The molecule has 0 atom stereocenters. The van der Waals surface area contributed by atoms with Crippen molar-refractivity contribution >= 4 is 5.91 Å². The van der Waals surface area contributed by atoms with E-state index in [4.69, 9.17) is 0 Å². The topological polar surface area (TPSA) is 32.3 Å². The molecule has 0 unspecified atom stereocenters. The Balaban J connectivity index is 2.35. The van der Waals surface area contributed by atoms with Crippen molar-refractivity contribution in [3.05, 3.63) is 35.9 Å². The van der Waals surface area contributed by atoms with Crippen LogP contribution in [-0.2, 0) is 11.3 Å². The smallest absolute Gasteiger partial charge is 0.234 e. The Hall–Kier alpha value is -1.35. The summed E-state index contributed by atoms with van der Waals surface area (Å²) in [5.41, 5.74) is 1.25. The summed E-state index contributed by atoms with van der Waals surface area (Å²) in [5.74, 6) is 0.126. The van der Waals surface area contributed by atoms with Crippen molar-refractivity contribution in [2.24, 2.45) is 0 Å². The lowest BCUT2D eigenvalue weighted by molar-refractivity contribution is -0.122. The molecule has 0 radical (unpaired) electrons. The number of benzene rings is 1. The monoisotopic (exact) mass is 248 g/mol. The number of unbranched alkanes of at least 4 members (excludes halogenated alkanes) is 1. The van der Waals surface area contributed by atoms with Crippen LogP contribution in [-0.4, -0.2) is 30.4 Å². The van der Waals surface area contributed by atoms with Crippen LogP contribution in [0.1, 0.15) is 32.3 Å². The lowest BCUT2D eigenvalue weighted by Gasteiger charge is -2.19. The van der Waals surface area contributed by atoms with E-state index >= 15 is 0 Å². The van der Waals surface area contributed by atoms with Gasteiger partial charge in [-0.2, -0.15) is 0 Å². The second kappa shape index (κ2) is 8.70. The Morgan fingerprint density at radius 1 is 1.22 bits per heavy atom. The van der Waals surface area contributed by atoms with Gasteiger partial charge in [0.25, 0.3) is 0 Å². The van der Waals surface area contributed by atoms with Crippen molar-refractivity contribution in [2.75, 3.05) is 19.6 Å². The van der Waals surface area contributed by atoms with Gasteiger partial charge in [0.2, 0.25) is 5.91 Å². The third-order valence-corrected chi connectivity index (χ3v) is 2.92. The Morgan fingerprint density at radius 3 is 2.56 bits per heavy atom. The minimum atomic E-state index is 0.126. The Labute approximate surface area is 110 Å². The predicted molar refractivity (Wildman–Crippen MR) is 75.3 cm³/mol. The molecule has 0 aromatic heterocycles. The molecular weight excluding hydrogens is 224 g/mol. The highest BCUT2D eigenvalue weighted by Gasteiger charge is 2.08. The third-order valence-electron chi connectivity index (χ3n) is 2.92. The van der Waals surface area contributed by atoms with Crippen molar-refractivity contribution in [1.29, 1.82) is 0 Å². The molecule has 0 aliphatic carbocycles. The molecule has 0 bridgehead atoms. The summed E-state index contributed by atoms with van der Waals surface area (Å²) < 4.78 is 0. The van der Waals surface area contributed by atoms with Crippen molar-refractivity contribution in [1.82, 2.24) is 10.2 Å². The number of carbonyl (C=O) groups excluding carboxylic acids is 1. The highest BCUT2D eigenvalue weighted by molar-refractivity contribution is 5.77. The first kappa shape index (κ1) is 14.7. The summed E-state index contributed by atoms with van der Waals surface area (Å²) in [6.45, 7) is 7.20. The van der Waals surface area contributed by atoms with Crippen LogP contribution in [0.3, 0.4) is 0 Å². The second-order valence-corrected chi connectivity index (χ2v) is 4.49. The molecule has 0 saturated carbocycles. The number of hydrogen-bond donors (Lipinski definition) is 1. The predicted octanol–water partition coefficient (Wildman–Crippen LogP) is 2.42. The van der Waals surface area contributed by atoms with Gasteiger partial charge in [0, 0.05) is 13.1 Å². The molecule has 0 spiro atoms. The molecule has 0 aliphatic heterocycles. The third kappa shape index (κ3) is 5.82. The zero-order valence-corrected chi connectivity index (χ0v) is 11.5. The van der Waals surface area contributed by atoms with Crippen LogP contribution in [0.2, 0.25) is 0 Å². The fourth-order valence-corrected chi connectivity index (χ4v) is 1.78. The first-order chi connectivity index (χ1) is 8.76. The molecule has 0 aliphatic rings. The van der Waals surface area contributed by atoms with Crippen molar-refractivity contribution in [3.63, 3.8) is 0 Å². The number of hydrogen-bond acceptors (Lipinski definition) is 2. The van der Waals surface area contributed by atoms with Gasteiger partial charge >= 0.3 is 0 Å². The average molecular weight is 248 g/mol. The van der Waals surface area contributed by atoms with Gasteiger partial charge in [-0.05, 0) is 18.5 Å². The molecule has 1 amide bonds. The van der Waals surface area contributed by atoms with Gasteiger partial charge in [0.1, 0.15) is 0 Å². The molecule has 3 heteroatoms. The number of rotatable bonds is 8. The minimum absolute atomic E-state index is 0.126. The van der Waals surface area contributed by atoms with E-state index < -0.39 is 0 Å². The Morgan fingerprint density at radius 2 is 1.94 bits per heavy atom. The first-order valence-corrected chi connectivity index (χ1v) is 6.79. The van der Waals surface area contributed by atoms with E-state index in [-0.39, 0.29) is 5.91 Å². The maximum Gasteiger partial charge on any atom is 0.234 e. The minimum Gasteiger partial charge on any atom is -0.355 e. The van der Waals surface area contributed by atoms with E-state index in [2.05, 4.69) is 36.2 Å². The van der Waals surface area contributed by atoms with Crippen molar-refractivity contribution < 1.29 is 4.79 Å². The summed E-state index contributed by atoms with van der Waals surface area (Å²) in [4.78, 5) is 13.9. The summed E-state index contributed by atoms with van der Waals surface area (Å²) in [7, 11) is 0. The number of nitrogens with zero attached hydrogens (tertiary/aromatic N) is 1. The van der Waals surface area contributed by atoms with E-state index in [0.717, 1.165) is 32.5 Å². The zero-order chi connectivity index (χ0) is 13.2. The molecule has 3 nitrogen and oxygen atoms in total. The van der Waals surface area contributed by atoms with Crippen LogP contribution < -0.4 is 5.32 Å². The molecule has 1 aromatic carbocycles. The van der Waals surface area contributed by atoms with Gasteiger partial charge in [-0.3, -0.25) is 9.69 Å². The molecule has 0 heterocycles. The van der Waals surface area contributed by atoms with Crippen molar-refractivity contribution in [2.45, 2.75) is 33.2 Å². The van der Waals surface area contributed by atoms with E-state index in [1.54, 1.807) is 0 Å². The van der Waals surface area contributed by atoms with Gasteiger partial charge in [-0.25, -0.2) is 0 Å². The normalized spacial score (nSPS) is 10.6. The highest BCUT2D eigenvalue weighted by Crippen LogP contribution is 2.03. The molecule has 100 valence electrons. The summed E-state index contributed by atoms with van der Waals surface area (Å²) in [6, 6.07) is 10.3. The second-order valence-electron chi connectivity index (χ2n) is 4.49. The SMILES string of the molecule is CCCCNC(=O)CN(CC)Cc1ccccc1. The van der Waals surface area contributed by atoms with Crippen LogP contribution in [0, 0.1) is 0 Å². The van der Waals surface area contributed by atoms with E-state index in [0.29, 0.717) is 6.54 Å². The number of likely N-dealkylation sites (N-methyl/N-ethyl adjacent to an activating group) is 1. The van der Waals surface area contributed by atoms with Gasteiger partial charge in [-0.1, -0.05) is 50.6 Å². The van der Waals surface area contributed by atoms with Crippen LogP contribution >= 0.6 is 0 Å². The molecule has 1 rings (SSSR count). The maximum absolute atomic E-state index is 11.7. The first-order valence-electron chi connectivity index (χ1n) is 6.79. The van der Waals surface area contributed by atoms with Crippen molar-refractivity contribution in [3.8, 4) is 0 Å².